The van der Waals surface area contributed by atoms with E-state index in [2.05, 4.69) is 4.98 Å². The number of hydrogen-bond donors (Lipinski definition) is 1. The fourth-order valence-corrected chi connectivity index (χ4v) is 3.90. The molecule has 3 rings (SSSR count). The minimum atomic E-state index is -0.846. The van der Waals surface area contributed by atoms with Crippen LogP contribution in [0.25, 0.3) is 0 Å². The molecule has 0 bridgehead atoms. The van der Waals surface area contributed by atoms with E-state index in [1.165, 1.54) is 0 Å². The maximum Gasteiger partial charge on any atom is 0.308 e. The Kier molecular flexibility index (Phi) is 4.94. The predicted octanol–water partition coefficient (Wildman–Crippen LogP) is 2.57. The van der Waals surface area contributed by atoms with Gasteiger partial charge in [-0.15, -0.1) is 11.3 Å². The van der Waals surface area contributed by atoms with Crippen molar-refractivity contribution in [3.63, 3.8) is 0 Å². The molecule has 0 spiro atoms. The quantitative estimate of drug-likeness (QED) is 0.905. The lowest BCUT2D eigenvalue weighted by atomic mass is 9.89. The summed E-state index contributed by atoms with van der Waals surface area (Å²) in [5.74, 6) is -1.61. The highest BCUT2D eigenvalue weighted by molar-refractivity contribution is 7.09. The maximum absolute atomic E-state index is 12.6. The van der Waals surface area contributed by atoms with Crippen molar-refractivity contribution in [3.05, 3.63) is 52.0 Å². The Morgan fingerprint density at radius 3 is 2.67 bits per heavy atom. The van der Waals surface area contributed by atoms with E-state index in [9.17, 15) is 14.7 Å². The normalized spacial score (nSPS) is 20.3. The number of amides is 1. The Balaban J connectivity index is 1.72. The topological polar surface area (TPSA) is 70.5 Å². The van der Waals surface area contributed by atoms with Gasteiger partial charge in [0, 0.05) is 24.4 Å². The summed E-state index contributed by atoms with van der Waals surface area (Å²) in [6.45, 7) is 2.75. The first-order valence-corrected chi connectivity index (χ1v) is 8.95. The zero-order valence-corrected chi connectivity index (χ0v) is 14.3. The molecule has 0 radical (unpaired) electrons. The third kappa shape index (κ3) is 3.48. The Labute approximate surface area is 145 Å². The monoisotopic (exact) mass is 344 g/mol. The molecule has 2 heterocycles. The third-order valence-corrected chi connectivity index (χ3v) is 5.49. The molecule has 1 aliphatic rings. The molecule has 1 N–H and O–H groups in total. The van der Waals surface area contributed by atoms with Crippen LogP contribution in [0.2, 0.25) is 0 Å². The van der Waals surface area contributed by atoms with Gasteiger partial charge in [0.15, 0.2) is 0 Å². The van der Waals surface area contributed by atoms with Crippen molar-refractivity contribution in [2.45, 2.75) is 25.7 Å². The van der Waals surface area contributed by atoms with E-state index in [-0.39, 0.29) is 24.8 Å². The van der Waals surface area contributed by atoms with Crippen molar-refractivity contribution < 1.29 is 14.7 Å². The van der Waals surface area contributed by atoms with Crippen LogP contribution in [-0.4, -0.2) is 40.0 Å². The molecule has 2 atom stereocenters. The van der Waals surface area contributed by atoms with Gasteiger partial charge in [-0.3, -0.25) is 9.59 Å². The van der Waals surface area contributed by atoms with Crippen LogP contribution in [0.3, 0.4) is 0 Å². The first kappa shape index (κ1) is 16.6. The van der Waals surface area contributed by atoms with Crippen molar-refractivity contribution in [1.29, 1.82) is 0 Å². The molecular formula is C18H20N2O3S. The summed E-state index contributed by atoms with van der Waals surface area (Å²) in [6.07, 6.45) is 1.10. The minimum absolute atomic E-state index is 0.0485. The Morgan fingerprint density at radius 2 is 2.04 bits per heavy atom. The average molecular weight is 344 g/mol. The molecule has 1 aliphatic heterocycles. The second-order valence-electron chi connectivity index (χ2n) is 6.02. The molecular weight excluding hydrogens is 324 g/mol. The highest BCUT2D eigenvalue weighted by atomic mass is 32.1. The van der Waals surface area contributed by atoms with Crippen LogP contribution in [0.5, 0.6) is 0 Å². The van der Waals surface area contributed by atoms with Crippen molar-refractivity contribution in [2.75, 3.05) is 13.1 Å². The van der Waals surface area contributed by atoms with Gasteiger partial charge in [0.05, 0.1) is 23.0 Å². The van der Waals surface area contributed by atoms with E-state index < -0.39 is 11.9 Å². The number of hydrogen-bond acceptors (Lipinski definition) is 4. The Hall–Kier alpha value is -2.21. The molecule has 5 nitrogen and oxygen atoms in total. The average Bonchev–Trinajstić information content (AvgIpc) is 3.22. The van der Waals surface area contributed by atoms with Gasteiger partial charge in [-0.1, -0.05) is 37.3 Å². The van der Waals surface area contributed by atoms with E-state index in [1.807, 2.05) is 42.6 Å². The van der Waals surface area contributed by atoms with Crippen molar-refractivity contribution in [1.82, 2.24) is 9.88 Å². The lowest BCUT2D eigenvalue weighted by Crippen LogP contribution is -2.31. The lowest BCUT2D eigenvalue weighted by molar-refractivity contribution is -0.141. The second-order valence-corrected chi connectivity index (χ2v) is 6.97. The Bertz CT molecular complexity index is 729. The van der Waals surface area contributed by atoms with Crippen molar-refractivity contribution >= 4 is 23.2 Å². The molecule has 1 fully saturated rings. The molecule has 1 aromatic carbocycles. The zero-order chi connectivity index (χ0) is 17.1. The molecule has 2 aromatic rings. The number of rotatable bonds is 5. The van der Waals surface area contributed by atoms with Crippen LogP contribution >= 0.6 is 11.3 Å². The van der Waals surface area contributed by atoms with E-state index in [0.717, 1.165) is 22.7 Å². The molecule has 6 heteroatoms. The van der Waals surface area contributed by atoms with Gasteiger partial charge >= 0.3 is 5.97 Å². The van der Waals surface area contributed by atoms with Gasteiger partial charge in [0.25, 0.3) is 0 Å². The summed E-state index contributed by atoms with van der Waals surface area (Å²) in [7, 11) is 0. The van der Waals surface area contributed by atoms with E-state index >= 15 is 0 Å². The van der Waals surface area contributed by atoms with E-state index in [0.29, 0.717) is 6.54 Å². The molecule has 1 saturated heterocycles. The van der Waals surface area contributed by atoms with Crippen LogP contribution in [-0.2, 0) is 22.4 Å². The number of aryl methyl sites for hydroxylation is 1. The summed E-state index contributed by atoms with van der Waals surface area (Å²) in [4.78, 5) is 30.3. The smallest absolute Gasteiger partial charge is 0.308 e. The number of carbonyl (C=O) groups is 2. The number of aromatic nitrogens is 1. The van der Waals surface area contributed by atoms with E-state index in [4.69, 9.17) is 0 Å². The summed E-state index contributed by atoms with van der Waals surface area (Å²) in [5, 5.41) is 12.5. The number of aliphatic carboxylic acids is 1. The van der Waals surface area contributed by atoms with Gasteiger partial charge in [-0.05, 0) is 12.0 Å². The standard InChI is InChI=1S/C18H20N2O3S/c1-2-16-19-13(11-24-16)8-17(21)20-9-14(15(10-20)18(22)23)12-6-4-3-5-7-12/h3-7,11,14-15H,2,8-10H2,1H3,(H,22,23). The SMILES string of the molecule is CCc1nc(CC(=O)N2CC(C(=O)O)C(c3ccccc3)C2)cs1. The zero-order valence-electron chi connectivity index (χ0n) is 13.5. The highest BCUT2D eigenvalue weighted by Crippen LogP contribution is 2.33. The van der Waals surface area contributed by atoms with Gasteiger partial charge < -0.3 is 10.0 Å². The maximum atomic E-state index is 12.6. The third-order valence-electron chi connectivity index (χ3n) is 4.45. The number of carboxylic acid groups (broad SMARTS) is 1. The molecule has 126 valence electrons. The van der Waals surface area contributed by atoms with Crippen LogP contribution in [0.15, 0.2) is 35.7 Å². The number of thiazole rings is 1. The molecule has 0 saturated carbocycles. The fraction of sp³-hybridized carbons (Fsp3) is 0.389. The predicted molar refractivity (Wildman–Crippen MR) is 92.1 cm³/mol. The van der Waals surface area contributed by atoms with Crippen LogP contribution < -0.4 is 0 Å². The summed E-state index contributed by atoms with van der Waals surface area (Å²) < 4.78 is 0. The largest absolute Gasteiger partial charge is 0.481 e. The summed E-state index contributed by atoms with van der Waals surface area (Å²) >= 11 is 1.56. The summed E-state index contributed by atoms with van der Waals surface area (Å²) in [5.41, 5.74) is 1.75. The van der Waals surface area contributed by atoms with E-state index in [1.54, 1.807) is 16.2 Å². The molecule has 1 amide bonds. The molecule has 0 aliphatic carbocycles. The number of nitrogens with zero attached hydrogens (tertiary/aromatic N) is 2. The number of likely N-dealkylation sites (tertiary alicyclic amines) is 1. The number of carboxylic acids is 1. The van der Waals surface area contributed by atoms with Gasteiger partial charge in [-0.2, -0.15) is 0 Å². The Morgan fingerprint density at radius 1 is 1.29 bits per heavy atom. The first-order valence-electron chi connectivity index (χ1n) is 8.07. The second kappa shape index (κ2) is 7.13. The van der Waals surface area contributed by atoms with Crippen LogP contribution in [0.1, 0.15) is 29.1 Å². The molecule has 24 heavy (non-hydrogen) atoms. The van der Waals surface area contributed by atoms with Gasteiger partial charge in [0.1, 0.15) is 0 Å². The van der Waals surface area contributed by atoms with Crippen molar-refractivity contribution in [3.8, 4) is 0 Å². The van der Waals surface area contributed by atoms with Gasteiger partial charge in [0.2, 0.25) is 5.91 Å². The lowest BCUT2D eigenvalue weighted by Gasteiger charge is -2.16. The summed E-state index contributed by atoms with van der Waals surface area (Å²) in [6, 6.07) is 9.58. The van der Waals surface area contributed by atoms with Crippen LogP contribution in [0, 0.1) is 5.92 Å². The van der Waals surface area contributed by atoms with Gasteiger partial charge in [-0.25, -0.2) is 4.98 Å². The van der Waals surface area contributed by atoms with Crippen molar-refractivity contribution in [2.24, 2.45) is 5.92 Å². The fourth-order valence-electron chi connectivity index (χ4n) is 3.15. The minimum Gasteiger partial charge on any atom is -0.481 e. The number of carbonyl (C=O) groups excluding carboxylic acids is 1. The first-order chi connectivity index (χ1) is 11.6. The number of benzene rings is 1. The molecule has 2 unspecified atom stereocenters. The molecule has 1 aromatic heterocycles. The highest BCUT2D eigenvalue weighted by Gasteiger charge is 2.40. The van der Waals surface area contributed by atoms with Crippen LogP contribution in [0.4, 0.5) is 0 Å².